The van der Waals surface area contributed by atoms with Crippen molar-refractivity contribution in [3.8, 4) is 5.75 Å². The molecule has 0 radical (unpaired) electrons. The van der Waals surface area contributed by atoms with Crippen molar-refractivity contribution in [1.29, 1.82) is 0 Å². The summed E-state index contributed by atoms with van der Waals surface area (Å²) in [6.45, 7) is 7.45. The minimum atomic E-state index is -1.01. The van der Waals surface area contributed by atoms with Crippen LogP contribution >= 0.6 is 0 Å². The lowest BCUT2D eigenvalue weighted by atomic mass is 9.99. The van der Waals surface area contributed by atoms with Gasteiger partial charge in [0, 0.05) is 50.6 Å². The fourth-order valence-corrected chi connectivity index (χ4v) is 5.90. The van der Waals surface area contributed by atoms with E-state index < -0.39 is 17.8 Å². The molecule has 0 aliphatic carbocycles. The molecule has 1 aromatic heterocycles. The number of aromatic nitrogens is 1. The quantitative estimate of drug-likeness (QED) is 0.421. The maximum absolute atomic E-state index is 14.7. The highest BCUT2D eigenvalue weighted by Gasteiger charge is 2.39. The molecule has 39 heavy (non-hydrogen) atoms. The van der Waals surface area contributed by atoms with Crippen molar-refractivity contribution >= 4 is 17.5 Å². The van der Waals surface area contributed by atoms with Gasteiger partial charge in [0.25, 0.3) is 0 Å². The molecule has 3 aliphatic rings. The lowest BCUT2D eigenvalue weighted by Crippen LogP contribution is -2.42. The molecule has 1 fully saturated rings. The third kappa shape index (κ3) is 6.30. The van der Waals surface area contributed by atoms with Gasteiger partial charge >= 0.3 is 5.97 Å². The van der Waals surface area contributed by atoms with Crippen molar-refractivity contribution < 1.29 is 23.8 Å². The summed E-state index contributed by atoms with van der Waals surface area (Å²) in [7, 11) is 1.90. The molecule has 212 valence electrons. The Morgan fingerprint density at radius 1 is 1.28 bits per heavy atom. The van der Waals surface area contributed by atoms with E-state index in [1.54, 1.807) is 0 Å². The maximum atomic E-state index is 14.7. The summed E-state index contributed by atoms with van der Waals surface area (Å²) in [5, 5.41) is 13.6. The molecule has 3 atom stereocenters. The Labute approximate surface area is 230 Å². The Balaban J connectivity index is 1.17. The third-order valence-corrected chi connectivity index (χ3v) is 8.14. The number of likely N-dealkylation sites (tertiary alicyclic amines) is 1. The molecular weight excluding hydrogens is 499 g/mol. The van der Waals surface area contributed by atoms with Crippen LogP contribution in [0.4, 0.5) is 15.9 Å². The van der Waals surface area contributed by atoms with Gasteiger partial charge in [-0.05, 0) is 62.1 Å². The van der Waals surface area contributed by atoms with Gasteiger partial charge in [-0.3, -0.25) is 9.69 Å². The number of likely N-dealkylation sites (N-methyl/N-ethyl adjacent to an activating group) is 1. The summed E-state index contributed by atoms with van der Waals surface area (Å²) in [5.41, 5.74) is 3.38. The van der Waals surface area contributed by atoms with E-state index >= 15 is 0 Å². The number of carbonyl (C=O) groups is 1. The van der Waals surface area contributed by atoms with Crippen LogP contribution in [0.5, 0.6) is 5.75 Å². The summed E-state index contributed by atoms with van der Waals surface area (Å²) in [5.74, 6) is 0.293. The Morgan fingerprint density at radius 3 is 2.92 bits per heavy atom. The molecule has 1 aromatic carbocycles. The van der Waals surface area contributed by atoms with E-state index in [1.807, 2.05) is 16.8 Å². The van der Waals surface area contributed by atoms with Crippen LogP contribution in [0.1, 0.15) is 62.4 Å². The average Bonchev–Trinajstić information content (AvgIpc) is 3.36. The van der Waals surface area contributed by atoms with E-state index in [0.29, 0.717) is 43.2 Å². The molecule has 0 saturated carbocycles. The van der Waals surface area contributed by atoms with E-state index in [1.165, 1.54) is 17.7 Å². The van der Waals surface area contributed by atoms with Gasteiger partial charge in [-0.2, -0.15) is 0 Å². The lowest BCUT2D eigenvalue weighted by Gasteiger charge is -2.38. The Bertz CT molecular complexity index is 1180. The zero-order valence-corrected chi connectivity index (χ0v) is 23.3. The van der Waals surface area contributed by atoms with Gasteiger partial charge in [0.1, 0.15) is 29.5 Å². The van der Waals surface area contributed by atoms with Crippen LogP contribution in [0.3, 0.4) is 0 Å². The standard InChI is InChI=1S/C30H41FN4O4/c1-19(2)26-18-34(3)25-16-21(31)15-24(28(25)39-26)27(30(36)37)35-13-11-23(17-35)38-14-5-4-8-22-10-9-20-7-6-12-32-29(20)33-22/h9-10,15-16,19,23,26-27H,4-8,11-14,17-18H2,1-3H3,(H,32,33)(H,36,37)/t23-,26+,27?/m1/s1. The van der Waals surface area contributed by atoms with Crippen LogP contribution in [0.15, 0.2) is 24.3 Å². The van der Waals surface area contributed by atoms with Crippen LogP contribution in [-0.4, -0.2) is 73.0 Å². The Kier molecular flexibility index (Phi) is 8.57. The van der Waals surface area contributed by atoms with Crippen LogP contribution in [-0.2, 0) is 22.4 Å². The average molecular weight is 541 g/mol. The van der Waals surface area contributed by atoms with Crippen molar-refractivity contribution in [2.45, 2.75) is 70.6 Å². The molecule has 0 bridgehead atoms. The van der Waals surface area contributed by atoms with Crippen molar-refractivity contribution in [3.05, 3.63) is 46.9 Å². The minimum Gasteiger partial charge on any atom is -0.486 e. The first-order chi connectivity index (χ1) is 18.8. The molecule has 2 aromatic rings. The molecule has 0 amide bonds. The molecular formula is C30H41FN4O4. The van der Waals surface area contributed by atoms with Gasteiger partial charge < -0.3 is 24.8 Å². The van der Waals surface area contributed by atoms with E-state index in [0.717, 1.165) is 56.6 Å². The largest absolute Gasteiger partial charge is 0.486 e. The number of ether oxygens (including phenoxy) is 2. The number of rotatable bonds is 10. The molecule has 8 nitrogen and oxygen atoms in total. The van der Waals surface area contributed by atoms with Gasteiger partial charge in [0.15, 0.2) is 0 Å². The second-order valence-corrected chi connectivity index (χ2v) is 11.4. The molecule has 4 heterocycles. The van der Waals surface area contributed by atoms with E-state index in [4.69, 9.17) is 14.5 Å². The summed E-state index contributed by atoms with van der Waals surface area (Å²) in [6, 6.07) is 6.08. The monoisotopic (exact) mass is 540 g/mol. The fraction of sp³-hybridized carbons (Fsp3) is 0.600. The predicted octanol–water partition coefficient (Wildman–Crippen LogP) is 4.67. The lowest BCUT2D eigenvalue weighted by molar-refractivity contribution is -0.143. The molecule has 3 aliphatic heterocycles. The van der Waals surface area contributed by atoms with Gasteiger partial charge in [-0.15, -0.1) is 0 Å². The number of halogens is 1. The van der Waals surface area contributed by atoms with Crippen molar-refractivity contribution in [2.75, 3.05) is 50.1 Å². The Morgan fingerprint density at radius 2 is 2.13 bits per heavy atom. The third-order valence-electron chi connectivity index (χ3n) is 8.14. The first-order valence-corrected chi connectivity index (χ1v) is 14.3. The summed E-state index contributed by atoms with van der Waals surface area (Å²) in [6.07, 6.45) is 5.66. The molecule has 5 rings (SSSR count). The normalized spacial score (nSPS) is 21.7. The molecule has 1 unspecified atom stereocenters. The van der Waals surface area contributed by atoms with Gasteiger partial charge in [-0.25, -0.2) is 9.37 Å². The van der Waals surface area contributed by atoms with E-state index in [-0.39, 0.29) is 18.1 Å². The number of unbranched alkanes of at least 4 members (excludes halogenated alkanes) is 1. The zero-order chi connectivity index (χ0) is 27.5. The van der Waals surface area contributed by atoms with Gasteiger partial charge in [0.05, 0.1) is 18.3 Å². The van der Waals surface area contributed by atoms with Crippen LogP contribution < -0.4 is 15.0 Å². The smallest absolute Gasteiger partial charge is 0.325 e. The molecule has 0 spiro atoms. The molecule has 9 heteroatoms. The van der Waals surface area contributed by atoms with Crippen molar-refractivity contribution in [1.82, 2.24) is 9.88 Å². The second-order valence-electron chi connectivity index (χ2n) is 11.4. The molecule has 2 N–H and O–H groups in total. The highest BCUT2D eigenvalue weighted by molar-refractivity contribution is 5.79. The number of fused-ring (bicyclic) bond motifs is 2. The second kappa shape index (κ2) is 12.1. The van der Waals surface area contributed by atoms with E-state index in [9.17, 15) is 14.3 Å². The van der Waals surface area contributed by atoms with Crippen LogP contribution in [0, 0.1) is 11.7 Å². The van der Waals surface area contributed by atoms with E-state index in [2.05, 4.69) is 31.3 Å². The number of pyridine rings is 1. The summed E-state index contributed by atoms with van der Waals surface area (Å²) < 4.78 is 27.1. The summed E-state index contributed by atoms with van der Waals surface area (Å²) >= 11 is 0. The summed E-state index contributed by atoms with van der Waals surface area (Å²) in [4.78, 5) is 21.1. The number of nitrogens with zero attached hydrogens (tertiary/aromatic N) is 3. The number of nitrogens with one attached hydrogen (secondary N) is 1. The number of carboxylic acid groups (broad SMARTS) is 1. The highest BCUT2D eigenvalue weighted by Crippen LogP contribution is 2.43. The predicted molar refractivity (Wildman–Crippen MR) is 149 cm³/mol. The fourth-order valence-electron chi connectivity index (χ4n) is 5.90. The SMILES string of the molecule is CC(C)[C@@H]1CN(C)c2cc(F)cc(C(C(=O)O)N3CC[C@@H](OCCCCc4ccc5c(n4)NCCC5)C3)c2O1. The number of hydrogen-bond donors (Lipinski definition) is 2. The number of aryl methyl sites for hydroxylation is 2. The number of anilines is 2. The molecule has 1 saturated heterocycles. The number of benzene rings is 1. The van der Waals surface area contributed by atoms with Gasteiger partial charge in [-0.1, -0.05) is 19.9 Å². The Hall–Kier alpha value is -2.91. The highest BCUT2D eigenvalue weighted by atomic mass is 19.1. The first kappa shape index (κ1) is 27.6. The first-order valence-electron chi connectivity index (χ1n) is 14.3. The van der Waals surface area contributed by atoms with Crippen LogP contribution in [0.2, 0.25) is 0 Å². The zero-order valence-electron chi connectivity index (χ0n) is 23.3. The van der Waals surface area contributed by atoms with Gasteiger partial charge in [0.2, 0.25) is 0 Å². The van der Waals surface area contributed by atoms with Crippen molar-refractivity contribution in [3.63, 3.8) is 0 Å². The number of aliphatic carboxylic acids is 1. The van der Waals surface area contributed by atoms with Crippen molar-refractivity contribution in [2.24, 2.45) is 5.92 Å². The van der Waals surface area contributed by atoms with Crippen LogP contribution in [0.25, 0.3) is 0 Å². The minimum absolute atomic E-state index is 0.0469. The maximum Gasteiger partial charge on any atom is 0.325 e. The number of hydrogen-bond acceptors (Lipinski definition) is 7. The topological polar surface area (TPSA) is 87.2 Å². The number of carboxylic acids is 1.